The third-order valence-corrected chi connectivity index (χ3v) is 5.70. The number of halogens is 2. The molecule has 0 unspecified atom stereocenters. The normalized spacial score (nSPS) is 12.8. The minimum atomic E-state index is -0.363. The van der Waals surface area contributed by atoms with E-state index in [1.165, 1.54) is 18.2 Å². The Hall–Kier alpha value is -3.82. The summed E-state index contributed by atoms with van der Waals surface area (Å²) in [7, 11) is 0. The lowest BCUT2D eigenvalue weighted by atomic mass is 10.1. The number of nitriles is 1. The van der Waals surface area contributed by atoms with Crippen molar-refractivity contribution < 1.29 is 18.7 Å². The molecule has 0 saturated carbocycles. The molecule has 1 aliphatic heterocycles. The third kappa shape index (κ3) is 5.05. The highest BCUT2D eigenvalue weighted by Crippen LogP contribution is 2.38. The minimum absolute atomic E-state index is 0.00445. The molecule has 3 aromatic carbocycles. The Morgan fingerprint density at radius 2 is 1.94 bits per heavy atom. The van der Waals surface area contributed by atoms with Crippen LogP contribution in [0.1, 0.15) is 23.6 Å². The molecule has 0 radical (unpaired) electrons. The van der Waals surface area contributed by atoms with E-state index in [0.717, 1.165) is 23.2 Å². The van der Waals surface area contributed by atoms with Crippen molar-refractivity contribution >= 4 is 29.3 Å². The highest BCUT2D eigenvalue weighted by atomic mass is 35.5. The van der Waals surface area contributed by atoms with Gasteiger partial charge in [-0.2, -0.15) is 5.26 Å². The van der Waals surface area contributed by atoms with Gasteiger partial charge in [-0.3, -0.25) is 4.79 Å². The van der Waals surface area contributed by atoms with Gasteiger partial charge in [0.25, 0.3) is 5.91 Å². The summed E-state index contributed by atoms with van der Waals surface area (Å²) in [6.07, 6.45) is 2.25. The fraction of sp³-hybridized carbons (Fsp3) is 0.185. The Balaban J connectivity index is 1.60. The van der Waals surface area contributed by atoms with E-state index in [4.69, 9.17) is 21.1 Å². The van der Waals surface area contributed by atoms with Crippen LogP contribution in [-0.2, 0) is 17.8 Å². The molecule has 0 bridgehead atoms. The molecule has 1 amide bonds. The molecule has 5 nitrogen and oxygen atoms in total. The number of anilines is 1. The van der Waals surface area contributed by atoms with Gasteiger partial charge in [-0.25, -0.2) is 4.39 Å². The zero-order valence-electron chi connectivity index (χ0n) is 18.6. The van der Waals surface area contributed by atoms with Crippen molar-refractivity contribution in [2.24, 2.45) is 0 Å². The summed E-state index contributed by atoms with van der Waals surface area (Å²) in [5, 5.41) is 9.98. The maximum absolute atomic E-state index is 13.1. The first-order valence-corrected chi connectivity index (χ1v) is 11.2. The summed E-state index contributed by atoms with van der Waals surface area (Å²) >= 11 is 6.49. The minimum Gasteiger partial charge on any atom is -0.490 e. The number of para-hydroxylation sites is 1. The van der Waals surface area contributed by atoms with Crippen LogP contribution in [0.5, 0.6) is 11.5 Å². The van der Waals surface area contributed by atoms with Crippen molar-refractivity contribution in [3.05, 3.63) is 93.8 Å². The van der Waals surface area contributed by atoms with Crippen molar-refractivity contribution in [3.8, 4) is 17.6 Å². The molecule has 0 spiro atoms. The fourth-order valence-electron chi connectivity index (χ4n) is 3.81. The monoisotopic (exact) mass is 476 g/mol. The summed E-state index contributed by atoms with van der Waals surface area (Å²) in [6, 6.07) is 19.0. The number of carbonyl (C=O) groups excluding carboxylic acids is 1. The molecule has 0 N–H and O–H groups in total. The van der Waals surface area contributed by atoms with Crippen LogP contribution < -0.4 is 14.4 Å². The number of ether oxygens (including phenoxy) is 2. The standard InChI is InChI=1S/C27H22ClFN2O3/c1-2-33-25-15-19(14-23(28)26(25)34-17-18-7-9-22(29)10-8-18)13-21(16-30)27(32)31-12-11-20-5-3-4-6-24(20)31/h3-10,13-15H,2,11-12,17H2,1H3. The molecule has 0 saturated heterocycles. The Morgan fingerprint density at radius 1 is 1.18 bits per heavy atom. The second kappa shape index (κ2) is 10.4. The smallest absolute Gasteiger partial charge is 0.268 e. The molecule has 0 fully saturated rings. The Bertz CT molecular complexity index is 1280. The number of benzene rings is 3. The van der Waals surface area contributed by atoms with Crippen LogP contribution in [0.2, 0.25) is 5.02 Å². The Kier molecular flexibility index (Phi) is 7.15. The molecule has 1 heterocycles. The van der Waals surface area contributed by atoms with E-state index in [9.17, 15) is 14.4 Å². The lowest BCUT2D eigenvalue weighted by Gasteiger charge is -2.17. The van der Waals surface area contributed by atoms with Crippen LogP contribution >= 0.6 is 11.6 Å². The topological polar surface area (TPSA) is 62.6 Å². The van der Waals surface area contributed by atoms with Gasteiger partial charge in [0.1, 0.15) is 24.1 Å². The van der Waals surface area contributed by atoms with Gasteiger partial charge in [-0.15, -0.1) is 0 Å². The Labute approximate surface area is 202 Å². The van der Waals surface area contributed by atoms with Crippen molar-refractivity contribution in [2.75, 3.05) is 18.1 Å². The van der Waals surface area contributed by atoms with Crippen LogP contribution in [0.3, 0.4) is 0 Å². The molecule has 172 valence electrons. The first kappa shape index (κ1) is 23.3. The summed E-state index contributed by atoms with van der Waals surface area (Å²) < 4.78 is 24.7. The number of hydrogen-bond donors (Lipinski definition) is 0. The van der Waals surface area contributed by atoms with Crippen molar-refractivity contribution in [3.63, 3.8) is 0 Å². The second-order valence-electron chi connectivity index (χ2n) is 7.68. The largest absolute Gasteiger partial charge is 0.490 e. The van der Waals surface area contributed by atoms with E-state index in [0.29, 0.717) is 30.2 Å². The number of hydrogen-bond acceptors (Lipinski definition) is 4. The number of nitrogens with zero attached hydrogens (tertiary/aromatic N) is 2. The van der Waals surface area contributed by atoms with Crippen LogP contribution in [0.4, 0.5) is 10.1 Å². The molecule has 4 rings (SSSR count). The molecule has 0 aliphatic carbocycles. The van der Waals surface area contributed by atoms with E-state index in [-0.39, 0.29) is 28.9 Å². The van der Waals surface area contributed by atoms with Crippen LogP contribution in [0.25, 0.3) is 6.08 Å². The van der Waals surface area contributed by atoms with E-state index >= 15 is 0 Å². The first-order valence-electron chi connectivity index (χ1n) is 10.8. The number of rotatable bonds is 7. The van der Waals surface area contributed by atoms with Crippen molar-refractivity contribution in [1.29, 1.82) is 5.26 Å². The van der Waals surface area contributed by atoms with Gasteiger partial charge in [0, 0.05) is 12.2 Å². The highest BCUT2D eigenvalue weighted by Gasteiger charge is 2.26. The zero-order valence-corrected chi connectivity index (χ0v) is 19.3. The molecule has 7 heteroatoms. The van der Waals surface area contributed by atoms with Gasteiger partial charge in [0.05, 0.1) is 11.6 Å². The first-order chi connectivity index (χ1) is 16.5. The molecule has 0 atom stereocenters. The molecular formula is C27H22ClFN2O3. The number of fused-ring (bicyclic) bond motifs is 1. The van der Waals surface area contributed by atoms with Gasteiger partial charge in [-0.05, 0) is 66.4 Å². The summed E-state index contributed by atoms with van der Waals surface area (Å²) in [6.45, 7) is 2.89. The summed E-state index contributed by atoms with van der Waals surface area (Å²) in [5.74, 6) is 0.0364. The highest BCUT2D eigenvalue weighted by molar-refractivity contribution is 6.32. The predicted octanol–water partition coefficient (Wildman–Crippen LogP) is 5.95. The quantitative estimate of drug-likeness (QED) is 0.312. The number of carbonyl (C=O) groups is 1. The van der Waals surface area contributed by atoms with Crippen LogP contribution in [0.15, 0.2) is 66.2 Å². The van der Waals surface area contributed by atoms with Crippen molar-refractivity contribution in [2.45, 2.75) is 20.0 Å². The second-order valence-corrected chi connectivity index (χ2v) is 8.09. The van der Waals surface area contributed by atoms with E-state index in [1.54, 1.807) is 29.2 Å². The van der Waals surface area contributed by atoms with E-state index in [1.807, 2.05) is 37.3 Å². The molecule has 3 aromatic rings. The lowest BCUT2D eigenvalue weighted by Crippen LogP contribution is -2.29. The van der Waals surface area contributed by atoms with Gasteiger partial charge in [0.2, 0.25) is 0 Å². The lowest BCUT2D eigenvalue weighted by molar-refractivity contribution is -0.114. The zero-order chi connectivity index (χ0) is 24.1. The van der Waals surface area contributed by atoms with E-state index < -0.39 is 0 Å². The molecular weight excluding hydrogens is 455 g/mol. The van der Waals surface area contributed by atoms with Gasteiger partial charge >= 0.3 is 0 Å². The summed E-state index contributed by atoms with van der Waals surface area (Å²) in [4.78, 5) is 14.7. The van der Waals surface area contributed by atoms with Crippen LogP contribution in [-0.4, -0.2) is 19.1 Å². The Morgan fingerprint density at radius 3 is 2.68 bits per heavy atom. The molecule has 34 heavy (non-hydrogen) atoms. The van der Waals surface area contributed by atoms with Gasteiger partial charge < -0.3 is 14.4 Å². The van der Waals surface area contributed by atoms with Crippen LogP contribution in [0, 0.1) is 17.1 Å². The molecule has 1 aliphatic rings. The SMILES string of the molecule is CCOc1cc(C=C(C#N)C(=O)N2CCc3ccccc32)cc(Cl)c1OCc1ccc(F)cc1. The number of amides is 1. The van der Waals surface area contributed by atoms with E-state index in [2.05, 4.69) is 0 Å². The summed E-state index contributed by atoms with van der Waals surface area (Å²) in [5.41, 5.74) is 3.21. The predicted molar refractivity (Wildman–Crippen MR) is 129 cm³/mol. The maximum Gasteiger partial charge on any atom is 0.268 e. The van der Waals surface area contributed by atoms with Crippen molar-refractivity contribution in [1.82, 2.24) is 0 Å². The third-order valence-electron chi connectivity index (χ3n) is 5.42. The maximum atomic E-state index is 13.1. The van der Waals surface area contributed by atoms with Gasteiger partial charge in [-0.1, -0.05) is 41.9 Å². The average Bonchev–Trinajstić information content (AvgIpc) is 3.27. The fourth-order valence-corrected chi connectivity index (χ4v) is 4.09. The average molecular weight is 477 g/mol. The van der Waals surface area contributed by atoms with Gasteiger partial charge in [0.15, 0.2) is 11.5 Å². The molecule has 0 aromatic heterocycles.